The molecule has 0 aliphatic heterocycles. The summed E-state index contributed by atoms with van der Waals surface area (Å²) in [6.07, 6.45) is 5.42. The summed E-state index contributed by atoms with van der Waals surface area (Å²) >= 11 is 1.28. The first kappa shape index (κ1) is 13.4. The number of aromatic nitrogens is 2. The van der Waals surface area contributed by atoms with Gasteiger partial charge in [-0.15, -0.1) is 0 Å². The largest absolute Gasteiger partial charge is 0.481 e. The highest BCUT2D eigenvalue weighted by molar-refractivity contribution is 7.99. The van der Waals surface area contributed by atoms with E-state index in [1.165, 1.54) is 11.8 Å². The van der Waals surface area contributed by atoms with Gasteiger partial charge in [0.2, 0.25) is 0 Å². The molecule has 1 N–H and O–H groups in total. The summed E-state index contributed by atoms with van der Waals surface area (Å²) < 4.78 is 7.49. The van der Waals surface area contributed by atoms with Crippen molar-refractivity contribution in [2.24, 2.45) is 0 Å². The van der Waals surface area contributed by atoms with Crippen molar-refractivity contribution in [2.75, 3.05) is 12.9 Å². The Bertz CT molecular complexity index is 433. The first-order valence-corrected chi connectivity index (χ1v) is 7.01. The Kier molecular flexibility index (Phi) is 4.29. The van der Waals surface area contributed by atoms with Crippen LogP contribution in [0.1, 0.15) is 31.0 Å². The van der Waals surface area contributed by atoms with Crippen LogP contribution in [-0.2, 0) is 9.53 Å². The predicted octanol–water partition coefficient (Wildman–Crippen LogP) is 2.11. The second-order valence-corrected chi connectivity index (χ2v) is 5.52. The van der Waals surface area contributed by atoms with Crippen LogP contribution in [-0.4, -0.2) is 39.6 Å². The quantitative estimate of drug-likeness (QED) is 0.830. The molecule has 6 heteroatoms. The Morgan fingerprint density at radius 1 is 1.67 bits per heavy atom. The van der Waals surface area contributed by atoms with Gasteiger partial charge in [-0.1, -0.05) is 11.8 Å². The molecule has 1 fully saturated rings. The zero-order chi connectivity index (χ0) is 13.1. The number of carboxylic acids is 1. The summed E-state index contributed by atoms with van der Waals surface area (Å²) in [5, 5.41) is 9.54. The minimum Gasteiger partial charge on any atom is -0.481 e. The zero-order valence-electron chi connectivity index (χ0n) is 10.6. The number of ether oxygens (including phenoxy) is 1. The highest BCUT2D eigenvalue weighted by Gasteiger charge is 2.27. The van der Waals surface area contributed by atoms with E-state index < -0.39 is 5.97 Å². The number of methoxy groups -OCH3 is 1. The van der Waals surface area contributed by atoms with Gasteiger partial charge in [0.05, 0.1) is 17.6 Å². The highest BCUT2D eigenvalue weighted by Crippen LogP contribution is 2.34. The van der Waals surface area contributed by atoms with Gasteiger partial charge in [-0.25, -0.2) is 4.98 Å². The number of aryl methyl sites for hydroxylation is 1. The Morgan fingerprint density at radius 2 is 2.44 bits per heavy atom. The number of aliphatic carboxylic acids is 1. The lowest BCUT2D eigenvalue weighted by atomic mass is 10.2. The van der Waals surface area contributed by atoms with E-state index in [0.717, 1.165) is 30.1 Å². The molecule has 0 radical (unpaired) electrons. The van der Waals surface area contributed by atoms with Crippen LogP contribution in [0.15, 0.2) is 11.4 Å². The van der Waals surface area contributed by atoms with Crippen LogP contribution in [0.5, 0.6) is 0 Å². The minimum atomic E-state index is -0.812. The third-order valence-electron chi connectivity index (χ3n) is 3.23. The van der Waals surface area contributed by atoms with E-state index in [-0.39, 0.29) is 5.75 Å². The van der Waals surface area contributed by atoms with Crippen LogP contribution in [0.4, 0.5) is 0 Å². The molecule has 1 aliphatic rings. The van der Waals surface area contributed by atoms with Gasteiger partial charge in [-0.3, -0.25) is 4.79 Å². The molecule has 1 aromatic heterocycles. The molecule has 100 valence electrons. The van der Waals surface area contributed by atoms with Crippen molar-refractivity contribution in [1.29, 1.82) is 0 Å². The SMILES string of the molecule is COC1CCC(n2cc(C)nc2SCC(=O)O)C1. The molecule has 1 heterocycles. The van der Waals surface area contributed by atoms with Crippen molar-refractivity contribution in [3.63, 3.8) is 0 Å². The van der Waals surface area contributed by atoms with Gasteiger partial charge in [0.1, 0.15) is 0 Å². The fourth-order valence-electron chi connectivity index (χ4n) is 2.37. The molecule has 1 aliphatic carbocycles. The zero-order valence-corrected chi connectivity index (χ0v) is 11.4. The van der Waals surface area contributed by atoms with Crippen molar-refractivity contribution in [3.8, 4) is 0 Å². The van der Waals surface area contributed by atoms with Gasteiger partial charge in [0, 0.05) is 19.3 Å². The molecule has 0 amide bonds. The lowest BCUT2D eigenvalue weighted by Crippen LogP contribution is -2.10. The number of hydrogen-bond donors (Lipinski definition) is 1. The molecule has 1 saturated carbocycles. The van der Waals surface area contributed by atoms with E-state index in [2.05, 4.69) is 9.55 Å². The average Bonchev–Trinajstić information content (AvgIpc) is 2.92. The van der Waals surface area contributed by atoms with E-state index in [1.807, 2.05) is 13.1 Å². The average molecular weight is 270 g/mol. The van der Waals surface area contributed by atoms with Crippen molar-refractivity contribution in [1.82, 2.24) is 9.55 Å². The van der Waals surface area contributed by atoms with Crippen molar-refractivity contribution in [2.45, 2.75) is 43.5 Å². The number of hydrogen-bond acceptors (Lipinski definition) is 4. The number of rotatable bonds is 5. The normalized spacial score (nSPS) is 23.4. The second kappa shape index (κ2) is 5.75. The summed E-state index contributed by atoms with van der Waals surface area (Å²) in [6, 6.07) is 0.382. The second-order valence-electron chi connectivity index (χ2n) is 4.58. The van der Waals surface area contributed by atoms with E-state index in [4.69, 9.17) is 9.84 Å². The fraction of sp³-hybridized carbons (Fsp3) is 0.667. The van der Waals surface area contributed by atoms with Gasteiger partial charge in [0.15, 0.2) is 5.16 Å². The number of carbonyl (C=O) groups is 1. The standard InChI is InChI=1S/C12H18N2O3S/c1-8-6-14(9-3-4-10(5-9)17-2)12(13-8)18-7-11(15)16/h6,9-10H,3-5,7H2,1-2H3,(H,15,16). The molecule has 1 aromatic rings. The molecule has 2 unspecified atom stereocenters. The van der Waals surface area contributed by atoms with Crippen LogP contribution < -0.4 is 0 Å². The van der Waals surface area contributed by atoms with Gasteiger partial charge in [-0.05, 0) is 26.2 Å². The Hall–Kier alpha value is -1.01. The molecular weight excluding hydrogens is 252 g/mol. The minimum absolute atomic E-state index is 0.0525. The van der Waals surface area contributed by atoms with Gasteiger partial charge in [-0.2, -0.15) is 0 Å². The monoisotopic (exact) mass is 270 g/mol. The van der Waals surface area contributed by atoms with Crippen LogP contribution in [0, 0.1) is 6.92 Å². The molecule has 2 atom stereocenters. The molecule has 0 saturated heterocycles. The van der Waals surface area contributed by atoms with Crippen molar-refractivity contribution in [3.05, 3.63) is 11.9 Å². The fourth-order valence-corrected chi connectivity index (χ4v) is 3.18. The van der Waals surface area contributed by atoms with Crippen molar-refractivity contribution >= 4 is 17.7 Å². The molecule has 2 rings (SSSR count). The predicted molar refractivity (Wildman–Crippen MR) is 69.0 cm³/mol. The van der Waals surface area contributed by atoms with Crippen LogP contribution in [0.25, 0.3) is 0 Å². The molecule has 5 nitrogen and oxygen atoms in total. The van der Waals surface area contributed by atoms with E-state index in [1.54, 1.807) is 7.11 Å². The van der Waals surface area contributed by atoms with E-state index in [0.29, 0.717) is 12.1 Å². The third kappa shape index (κ3) is 3.05. The first-order valence-electron chi connectivity index (χ1n) is 6.03. The lowest BCUT2D eigenvalue weighted by molar-refractivity contribution is -0.133. The Morgan fingerprint density at radius 3 is 3.06 bits per heavy atom. The summed E-state index contributed by atoms with van der Waals surface area (Å²) in [5.74, 6) is -0.759. The topological polar surface area (TPSA) is 64.4 Å². The third-order valence-corrected chi connectivity index (χ3v) is 4.18. The summed E-state index contributed by atoms with van der Waals surface area (Å²) in [4.78, 5) is 15.0. The Balaban J connectivity index is 2.09. The maximum absolute atomic E-state index is 10.6. The van der Waals surface area contributed by atoms with Crippen LogP contribution >= 0.6 is 11.8 Å². The van der Waals surface area contributed by atoms with Crippen molar-refractivity contribution < 1.29 is 14.6 Å². The maximum atomic E-state index is 10.6. The van der Waals surface area contributed by atoms with E-state index in [9.17, 15) is 4.79 Å². The van der Waals surface area contributed by atoms with Gasteiger partial charge < -0.3 is 14.4 Å². The van der Waals surface area contributed by atoms with Crippen LogP contribution in [0.2, 0.25) is 0 Å². The number of carboxylic acid groups (broad SMARTS) is 1. The molecule has 0 aromatic carbocycles. The highest BCUT2D eigenvalue weighted by atomic mass is 32.2. The van der Waals surface area contributed by atoms with Gasteiger partial charge in [0.25, 0.3) is 0 Å². The smallest absolute Gasteiger partial charge is 0.313 e. The molecule has 0 bridgehead atoms. The molecule has 18 heavy (non-hydrogen) atoms. The van der Waals surface area contributed by atoms with Gasteiger partial charge >= 0.3 is 5.97 Å². The number of nitrogens with zero attached hydrogens (tertiary/aromatic N) is 2. The maximum Gasteiger partial charge on any atom is 0.313 e. The summed E-state index contributed by atoms with van der Waals surface area (Å²) in [6.45, 7) is 1.93. The molecular formula is C12H18N2O3S. The summed E-state index contributed by atoms with van der Waals surface area (Å²) in [5.41, 5.74) is 0.934. The lowest BCUT2D eigenvalue weighted by Gasteiger charge is -2.14. The molecule has 0 spiro atoms. The Labute approximate surface area is 111 Å². The van der Waals surface area contributed by atoms with Crippen LogP contribution in [0.3, 0.4) is 0 Å². The van der Waals surface area contributed by atoms with E-state index >= 15 is 0 Å². The summed E-state index contributed by atoms with van der Waals surface area (Å²) in [7, 11) is 1.74. The first-order chi connectivity index (χ1) is 8.60. The number of thioether (sulfide) groups is 1. The number of imidazole rings is 1.